The van der Waals surface area contributed by atoms with Crippen LogP contribution in [-0.2, 0) is 11.3 Å². The number of ether oxygens (including phenoxy) is 1. The molecule has 1 N–H and O–H groups in total. The number of hydrogen-bond donors (Lipinski definition) is 1. The summed E-state index contributed by atoms with van der Waals surface area (Å²) in [6, 6.07) is 8.34. The molecule has 1 aromatic carbocycles. The van der Waals surface area contributed by atoms with Gasteiger partial charge in [-0.05, 0) is 12.5 Å². The molecular weight excluding hydrogens is 320 g/mol. The van der Waals surface area contributed by atoms with Gasteiger partial charge < -0.3 is 14.6 Å². The molecule has 0 amide bonds. The monoisotopic (exact) mass is 340 g/mol. The average molecular weight is 340 g/mol. The quantitative estimate of drug-likeness (QED) is 0.793. The van der Waals surface area contributed by atoms with Crippen molar-refractivity contribution in [2.45, 2.75) is 19.6 Å². The normalized spacial score (nSPS) is 18.0. The van der Waals surface area contributed by atoms with Gasteiger partial charge >= 0.3 is 0 Å². The van der Waals surface area contributed by atoms with E-state index in [1.54, 1.807) is 11.3 Å². The largest absolute Gasteiger partial charge is 0.374 e. The summed E-state index contributed by atoms with van der Waals surface area (Å²) in [6.07, 6.45) is 5.97. The Balaban J connectivity index is 1.59. The topological polar surface area (TPSA) is 52.0 Å². The van der Waals surface area contributed by atoms with E-state index in [0.717, 1.165) is 42.0 Å². The lowest BCUT2D eigenvalue weighted by molar-refractivity contribution is 0.0185. The van der Waals surface area contributed by atoms with Crippen molar-refractivity contribution in [3.05, 3.63) is 48.4 Å². The molecule has 5 nitrogen and oxygen atoms in total. The molecule has 4 rings (SSSR count). The second-order valence-corrected chi connectivity index (χ2v) is 6.98. The first-order valence-electron chi connectivity index (χ1n) is 8.17. The highest BCUT2D eigenvalue weighted by Crippen LogP contribution is 2.32. The molecule has 0 saturated carbocycles. The Morgan fingerprint density at radius 2 is 2.25 bits per heavy atom. The van der Waals surface area contributed by atoms with Gasteiger partial charge in [-0.2, -0.15) is 0 Å². The van der Waals surface area contributed by atoms with Crippen molar-refractivity contribution in [1.82, 2.24) is 19.9 Å². The minimum Gasteiger partial charge on any atom is -0.374 e. The number of aromatic nitrogens is 3. The molecule has 0 spiro atoms. The van der Waals surface area contributed by atoms with E-state index in [1.807, 2.05) is 18.6 Å². The lowest BCUT2D eigenvalue weighted by atomic mass is 10.1. The molecule has 1 atom stereocenters. The first-order chi connectivity index (χ1) is 11.8. The Bertz CT molecular complexity index is 820. The summed E-state index contributed by atoms with van der Waals surface area (Å²) >= 11 is 1.68. The summed E-state index contributed by atoms with van der Waals surface area (Å²) in [5.41, 5.74) is 2.43. The van der Waals surface area contributed by atoms with Crippen LogP contribution in [0, 0.1) is 6.92 Å². The van der Waals surface area contributed by atoms with Gasteiger partial charge in [-0.15, -0.1) is 11.3 Å². The first-order valence-corrected chi connectivity index (χ1v) is 8.98. The fourth-order valence-electron chi connectivity index (χ4n) is 2.95. The van der Waals surface area contributed by atoms with Gasteiger partial charge in [-0.1, -0.05) is 24.3 Å². The Hall–Kier alpha value is -2.02. The van der Waals surface area contributed by atoms with Crippen molar-refractivity contribution in [2.24, 2.45) is 0 Å². The molecule has 2 aromatic heterocycles. The number of hydrogen-bond acceptors (Lipinski definition) is 5. The smallest absolute Gasteiger partial charge is 0.151 e. The predicted octanol–water partition coefficient (Wildman–Crippen LogP) is 2.97. The Kier molecular flexibility index (Phi) is 4.42. The van der Waals surface area contributed by atoms with Gasteiger partial charge in [-0.25, -0.2) is 9.97 Å². The molecule has 124 valence electrons. The van der Waals surface area contributed by atoms with Crippen LogP contribution >= 0.6 is 11.3 Å². The molecule has 1 saturated heterocycles. The van der Waals surface area contributed by atoms with Gasteiger partial charge in [-0.3, -0.25) is 0 Å². The van der Waals surface area contributed by atoms with Crippen LogP contribution in [0.4, 0.5) is 0 Å². The highest BCUT2D eigenvalue weighted by Gasteiger charge is 2.17. The number of nitrogens with zero attached hydrogens (tertiary/aromatic N) is 3. The molecule has 1 aliphatic heterocycles. The molecule has 3 heterocycles. The second kappa shape index (κ2) is 6.84. The molecule has 24 heavy (non-hydrogen) atoms. The van der Waals surface area contributed by atoms with Crippen molar-refractivity contribution in [3.63, 3.8) is 0 Å². The number of rotatable bonds is 4. The van der Waals surface area contributed by atoms with Gasteiger partial charge in [0.05, 0.1) is 24.1 Å². The molecule has 3 aromatic rings. The highest BCUT2D eigenvalue weighted by atomic mass is 32.1. The maximum atomic E-state index is 5.81. The van der Waals surface area contributed by atoms with E-state index in [-0.39, 0.29) is 6.10 Å². The third-order valence-electron chi connectivity index (χ3n) is 4.22. The summed E-state index contributed by atoms with van der Waals surface area (Å²) in [7, 11) is 0. The van der Waals surface area contributed by atoms with Crippen LogP contribution in [0.2, 0.25) is 0 Å². The third kappa shape index (κ3) is 3.13. The van der Waals surface area contributed by atoms with E-state index in [9.17, 15) is 0 Å². The van der Waals surface area contributed by atoms with E-state index in [0.29, 0.717) is 0 Å². The van der Waals surface area contributed by atoms with E-state index in [4.69, 9.17) is 4.74 Å². The van der Waals surface area contributed by atoms with Crippen LogP contribution in [-0.4, -0.2) is 40.3 Å². The Labute approximate surface area is 145 Å². The van der Waals surface area contributed by atoms with Crippen LogP contribution in [0.25, 0.3) is 21.3 Å². The standard InChI is InChI=1S/C18H20N4OS/c1-13-4-2-3-5-15(13)18-21-11-16(24-18)17-20-6-8-22(17)12-14-10-19-7-9-23-14/h2-6,8,11,14,19H,7,9-10,12H2,1H3. The number of morpholine rings is 1. The minimum atomic E-state index is 0.190. The van der Waals surface area contributed by atoms with Crippen LogP contribution < -0.4 is 5.32 Å². The third-order valence-corrected chi connectivity index (χ3v) is 5.25. The van der Waals surface area contributed by atoms with Crippen LogP contribution in [0.1, 0.15) is 5.56 Å². The summed E-state index contributed by atoms with van der Waals surface area (Å²) in [5, 5.41) is 4.41. The van der Waals surface area contributed by atoms with Crippen LogP contribution in [0.3, 0.4) is 0 Å². The molecule has 0 aliphatic carbocycles. The number of nitrogens with one attached hydrogen (secondary N) is 1. The summed E-state index contributed by atoms with van der Waals surface area (Å²) in [6.45, 7) is 5.51. The second-order valence-electron chi connectivity index (χ2n) is 5.94. The molecule has 0 bridgehead atoms. The summed E-state index contributed by atoms with van der Waals surface area (Å²) in [4.78, 5) is 10.2. The van der Waals surface area contributed by atoms with E-state index >= 15 is 0 Å². The first kappa shape index (κ1) is 15.5. The average Bonchev–Trinajstić information content (AvgIpc) is 3.25. The molecule has 0 radical (unpaired) electrons. The maximum Gasteiger partial charge on any atom is 0.151 e. The van der Waals surface area contributed by atoms with Crippen molar-refractivity contribution < 1.29 is 4.74 Å². The molecule has 1 unspecified atom stereocenters. The zero-order chi connectivity index (χ0) is 16.4. The van der Waals surface area contributed by atoms with Gasteiger partial charge in [0, 0.05) is 37.2 Å². The van der Waals surface area contributed by atoms with Gasteiger partial charge in [0.2, 0.25) is 0 Å². The number of thiazole rings is 1. The summed E-state index contributed by atoms with van der Waals surface area (Å²) in [5.74, 6) is 0.960. The highest BCUT2D eigenvalue weighted by molar-refractivity contribution is 7.18. The van der Waals surface area contributed by atoms with Crippen molar-refractivity contribution >= 4 is 11.3 Å². The molecule has 6 heteroatoms. The number of imidazole rings is 1. The van der Waals surface area contributed by atoms with E-state index < -0.39 is 0 Å². The number of aryl methyl sites for hydroxylation is 1. The fourth-order valence-corrected chi connectivity index (χ4v) is 3.97. The van der Waals surface area contributed by atoms with Crippen molar-refractivity contribution in [3.8, 4) is 21.3 Å². The molecule has 1 fully saturated rings. The fraction of sp³-hybridized carbons (Fsp3) is 0.333. The minimum absolute atomic E-state index is 0.190. The van der Waals surface area contributed by atoms with Gasteiger partial charge in [0.15, 0.2) is 5.82 Å². The zero-order valence-electron chi connectivity index (χ0n) is 13.6. The lowest BCUT2D eigenvalue weighted by Crippen LogP contribution is -2.40. The van der Waals surface area contributed by atoms with Crippen LogP contribution in [0.5, 0.6) is 0 Å². The van der Waals surface area contributed by atoms with Crippen molar-refractivity contribution in [2.75, 3.05) is 19.7 Å². The maximum absolute atomic E-state index is 5.81. The van der Waals surface area contributed by atoms with E-state index in [1.165, 1.54) is 11.1 Å². The van der Waals surface area contributed by atoms with Crippen LogP contribution in [0.15, 0.2) is 42.9 Å². The molecule has 1 aliphatic rings. The number of benzene rings is 1. The Morgan fingerprint density at radius 1 is 1.33 bits per heavy atom. The lowest BCUT2D eigenvalue weighted by Gasteiger charge is -2.24. The van der Waals surface area contributed by atoms with Crippen molar-refractivity contribution in [1.29, 1.82) is 0 Å². The predicted molar refractivity (Wildman–Crippen MR) is 96.1 cm³/mol. The summed E-state index contributed by atoms with van der Waals surface area (Å²) < 4.78 is 7.97. The van der Waals surface area contributed by atoms with Gasteiger partial charge in [0.1, 0.15) is 5.01 Å². The van der Waals surface area contributed by atoms with Gasteiger partial charge in [0.25, 0.3) is 0 Å². The van der Waals surface area contributed by atoms with E-state index in [2.05, 4.69) is 51.0 Å². The molecular formula is C18H20N4OS. The Morgan fingerprint density at radius 3 is 3.08 bits per heavy atom. The SMILES string of the molecule is Cc1ccccc1-c1ncc(-c2nccn2CC2CNCCO2)s1. The zero-order valence-corrected chi connectivity index (χ0v) is 14.4.